The summed E-state index contributed by atoms with van der Waals surface area (Å²) in [5.41, 5.74) is 1.67. The zero-order chi connectivity index (χ0) is 14.1. The van der Waals surface area contributed by atoms with E-state index in [0.29, 0.717) is 17.8 Å². The third-order valence-corrected chi connectivity index (χ3v) is 4.69. The summed E-state index contributed by atoms with van der Waals surface area (Å²) in [6.45, 7) is 2.26. The van der Waals surface area contributed by atoms with Crippen LogP contribution in [0.2, 0.25) is 0 Å². The fourth-order valence-corrected chi connectivity index (χ4v) is 3.71. The summed E-state index contributed by atoms with van der Waals surface area (Å²) in [6, 6.07) is 0.439. The molecule has 0 radical (unpaired) electrons. The van der Waals surface area contributed by atoms with Gasteiger partial charge < -0.3 is 9.72 Å². The van der Waals surface area contributed by atoms with Crippen LogP contribution in [0.3, 0.4) is 0 Å². The van der Waals surface area contributed by atoms with Crippen LogP contribution in [0.15, 0.2) is 6.33 Å². The van der Waals surface area contributed by atoms with Crippen LogP contribution in [0.4, 0.5) is 0 Å². The minimum absolute atomic E-state index is 0.439. The zero-order valence-corrected chi connectivity index (χ0v) is 12.7. The Labute approximate surface area is 123 Å². The van der Waals surface area contributed by atoms with E-state index in [1.54, 1.807) is 13.4 Å². The molecule has 20 heavy (non-hydrogen) atoms. The van der Waals surface area contributed by atoms with Crippen molar-refractivity contribution in [2.24, 2.45) is 5.92 Å². The highest BCUT2D eigenvalue weighted by atomic mass is 32.1. The molecule has 2 atom stereocenters. The van der Waals surface area contributed by atoms with E-state index < -0.39 is 0 Å². The second kappa shape index (κ2) is 5.52. The molecule has 0 bridgehead atoms. The molecular formula is C14H20N4OS. The summed E-state index contributed by atoms with van der Waals surface area (Å²) in [6.07, 6.45) is 7.76. The number of rotatable bonds is 3. The van der Waals surface area contributed by atoms with Gasteiger partial charge in [-0.1, -0.05) is 26.2 Å². The first-order valence-corrected chi connectivity index (χ1v) is 7.66. The van der Waals surface area contributed by atoms with Gasteiger partial charge in [0.2, 0.25) is 5.88 Å². The van der Waals surface area contributed by atoms with Crippen LogP contribution in [0, 0.1) is 10.7 Å². The van der Waals surface area contributed by atoms with Crippen molar-refractivity contribution < 1.29 is 4.74 Å². The number of nitrogens with zero attached hydrogens (tertiary/aromatic N) is 3. The first-order chi connectivity index (χ1) is 9.76. The van der Waals surface area contributed by atoms with Gasteiger partial charge in [0.15, 0.2) is 10.4 Å². The number of methoxy groups -OCH3 is 1. The van der Waals surface area contributed by atoms with Crippen LogP contribution in [-0.2, 0) is 0 Å². The number of H-pyrrole nitrogens is 1. The standard InChI is InChI=1S/C14H20N4OS/c1-3-9-6-4-5-7-10(9)18-12-11(17-14(18)20)13(19-2)16-8-15-12/h8-10H,3-7H2,1-2H3,(H,17,20). The van der Waals surface area contributed by atoms with E-state index in [-0.39, 0.29) is 0 Å². The molecule has 0 amide bonds. The van der Waals surface area contributed by atoms with E-state index in [1.165, 1.54) is 32.1 Å². The molecule has 2 heterocycles. The van der Waals surface area contributed by atoms with Crippen molar-refractivity contribution in [1.82, 2.24) is 19.5 Å². The van der Waals surface area contributed by atoms with Gasteiger partial charge >= 0.3 is 0 Å². The summed E-state index contributed by atoms with van der Waals surface area (Å²) in [4.78, 5) is 11.8. The van der Waals surface area contributed by atoms with Crippen molar-refractivity contribution in [3.05, 3.63) is 11.1 Å². The molecule has 0 aromatic carbocycles. The van der Waals surface area contributed by atoms with Crippen LogP contribution < -0.4 is 4.74 Å². The molecule has 2 aromatic heterocycles. The normalized spacial score (nSPS) is 23.1. The van der Waals surface area contributed by atoms with Gasteiger partial charge in [0, 0.05) is 6.04 Å². The highest BCUT2D eigenvalue weighted by Gasteiger charge is 2.28. The third-order valence-electron chi connectivity index (χ3n) is 4.39. The van der Waals surface area contributed by atoms with Gasteiger partial charge in [-0.2, -0.15) is 4.98 Å². The monoisotopic (exact) mass is 292 g/mol. The van der Waals surface area contributed by atoms with Crippen LogP contribution in [0.25, 0.3) is 11.2 Å². The number of imidazole rings is 1. The van der Waals surface area contributed by atoms with Crippen LogP contribution in [0.1, 0.15) is 45.1 Å². The lowest BCUT2D eigenvalue weighted by Crippen LogP contribution is -2.23. The first-order valence-electron chi connectivity index (χ1n) is 7.25. The summed E-state index contributed by atoms with van der Waals surface area (Å²) in [5.74, 6) is 1.24. The van der Waals surface area contributed by atoms with Crippen molar-refractivity contribution >= 4 is 23.4 Å². The van der Waals surface area contributed by atoms with E-state index in [1.807, 2.05) is 0 Å². The summed E-state index contributed by atoms with van der Waals surface area (Å²) < 4.78 is 8.20. The topological polar surface area (TPSA) is 55.7 Å². The van der Waals surface area contributed by atoms with E-state index >= 15 is 0 Å². The fraction of sp³-hybridized carbons (Fsp3) is 0.643. The number of hydrogen-bond acceptors (Lipinski definition) is 4. The lowest BCUT2D eigenvalue weighted by Gasteiger charge is -2.31. The van der Waals surface area contributed by atoms with E-state index in [0.717, 1.165) is 15.9 Å². The van der Waals surface area contributed by atoms with Gasteiger partial charge in [0.25, 0.3) is 0 Å². The Balaban J connectivity index is 2.15. The maximum Gasteiger partial charge on any atom is 0.242 e. The predicted molar refractivity (Wildman–Crippen MR) is 80.6 cm³/mol. The first kappa shape index (κ1) is 13.5. The maximum absolute atomic E-state index is 5.53. The third kappa shape index (κ3) is 2.12. The molecule has 1 N–H and O–H groups in total. The Kier molecular flexibility index (Phi) is 3.74. The molecule has 2 aromatic rings. The molecule has 1 aliphatic rings. The Morgan fingerprint density at radius 3 is 2.95 bits per heavy atom. The lowest BCUT2D eigenvalue weighted by molar-refractivity contribution is 0.234. The minimum Gasteiger partial charge on any atom is -0.479 e. The number of ether oxygens (including phenoxy) is 1. The van der Waals surface area contributed by atoms with Crippen molar-refractivity contribution in [2.45, 2.75) is 45.1 Å². The lowest BCUT2D eigenvalue weighted by atomic mass is 9.83. The molecule has 0 aliphatic heterocycles. The molecule has 108 valence electrons. The fourth-order valence-electron chi connectivity index (χ4n) is 3.38. The SMILES string of the molecule is CCC1CCCCC1n1c(=S)[nH]c2c(OC)ncnc21. The van der Waals surface area contributed by atoms with E-state index in [4.69, 9.17) is 17.0 Å². The van der Waals surface area contributed by atoms with E-state index in [9.17, 15) is 0 Å². The van der Waals surface area contributed by atoms with Crippen LogP contribution >= 0.6 is 12.2 Å². The Morgan fingerprint density at radius 1 is 1.40 bits per heavy atom. The van der Waals surface area contributed by atoms with Gasteiger partial charge in [0.1, 0.15) is 11.8 Å². The Morgan fingerprint density at radius 2 is 2.20 bits per heavy atom. The van der Waals surface area contributed by atoms with Gasteiger partial charge in [0.05, 0.1) is 7.11 Å². The molecule has 6 heteroatoms. The molecule has 1 fully saturated rings. The predicted octanol–water partition coefficient (Wildman–Crippen LogP) is 3.64. The summed E-state index contributed by atoms with van der Waals surface area (Å²) in [5, 5.41) is 0. The average Bonchev–Trinajstić information content (AvgIpc) is 2.82. The molecular weight excluding hydrogens is 272 g/mol. The zero-order valence-electron chi connectivity index (χ0n) is 11.9. The van der Waals surface area contributed by atoms with Gasteiger partial charge in [-0.25, -0.2) is 4.98 Å². The van der Waals surface area contributed by atoms with Gasteiger partial charge in [-0.15, -0.1) is 0 Å². The molecule has 0 saturated heterocycles. The molecule has 2 unspecified atom stereocenters. The number of aromatic nitrogens is 4. The Bertz CT molecular complexity index is 663. The number of fused-ring (bicyclic) bond motifs is 1. The molecule has 1 aliphatic carbocycles. The summed E-state index contributed by atoms with van der Waals surface area (Å²) in [7, 11) is 1.62. The van der Waals surface area contributed by atoms with E-state index in [2.05, 4.69) is 26.4 Å². The van der Waals surface area contributed by atoms with Gasteiger partial charge in [-0.3, -0.25) is 4.57 Å². The second-order valence-corrected chi connectivity index (χ2v) is 5.79. The average molecular weight is 292 g/mol. The molecule has 5 nitrogen and oxygen atoms in total. The number of nitrogens with one attached hydrogen (secondary N) is 1. The van der Waals surface area contributed by atoms with Crippen molar-refractivity contribution in [2.75, 3.05) is 7.11 Å². The maximum atomic E-state index is 5.53. The smallest absolute Gasteiger partial charge is 0.242 e. The molecule has 3 rings (SSSR count). The van der Waals surface area contributed by atoms with Gasteiger partial charge in [-0.05, 0) is 31.0 Å². The number of hydrogen-bond donors (Lipinski definition) is 1. The second-order valence-electron chi connectivity index (χ2n) is 5.40. The van der Waals surface area contributed by atoms with Crippen molar-refractivity contribution in [3.63, 3.8) is 0 Å². The van der Waals surface area contributed by atoms with Crippen molar-refractivity contribution in [1.29, 1.82) is 0 Å². The minimum atomic E-state index is 0.439. The highest BCUT2D eigenvalue weighted by molar-refractivity contribution is 7.71. The Hall–Kier alpha value is -1.43. The van der Waals surface area contributed by atoms with Crippen LogP contribution in [0.5, 0.6) is 5.88 Å². The van der Waals surface area contributed by atoms with Crippen molar-refractivity contribution in [3.8, 4) is 5.88 Å². The van der Waals surface area contributed by atoms with Crippen LogP contribution in [-0.4, -0.2) is 26.6 Å². The summed E-state index contributed by atoms with van der Waals surface area (Å²) >= 11 is 5.53. The largest absolute Gasteiger partial charge is 0.479 e. The highest BCUT2D eigenvalue weighted by Crippen LogP contribution is 2.38. The molecule has 1 saturated carbocycles. The number of aromatic amines is 1. The molecule has 0 spiro atoms. The quantitative estimate of drug-likeness (QED) is 0.878.